The van der Waals surface area contributed by atoms with E-state index >= 15 is 0 Å². The molecule has 14 heavy (non-hydrogen) atoms. The number of carboxylic acid groups (broad SMARTS) is 1. The van der Waals surface area contributed by atoms with Crippen LogP contribution in [0.15, 0.2) is 0 Å². The molecule has 0 aromatic rings. The van der Waals surface area contributed by atoms with Crippen molar-refractivity contribution < 1.29 is 24.7 Å². The van der Waals surface area contributed by atoms with Gasteiger partial charge in [0.15, 0.2) is 0 Å². The quantitative estimate of drug-likeness (QED) is 0.534. The van der Waals surface area contributed by atoms with Crippen LogP contribution in [0.1, 0.15) is 19.3 Å². The maximum atomic E-state index is 10.7. The fourth-order valence-electron chi connectivity index (χ4n) is 1.72. The molecule has 2 atom stereocenters. The predicted molar refractivity (Wildman–Crippen MR) is 49.7 cm³/mol. The third kappa shape index (κ3) is 3.28. The van der Waals surface area contributed by atoms with E-state index in [2.05, 4.69) is 0 Å². The molecule has 0 aliphatic carbocycles. The van der Waals surface area contributed by atoms with Gasteiger partial charge in [-0.1, -0.05) is 6.42 Å². The first-order valence-corrected chi connectivity index (χ1v) is 4.82. The Kier molecular flexibility index (Phi) is 4.38. The van der Waals surface area contributed by atoms with Crippen LogP contribution in [-0.2, 0) is 9.53 Å². The smallest absolute Gasteiger partial charge is 0.451 e. The third-order valence-electron chi connectivity index (χ3n) is 2.48. The summed E-state index contributed by atoms with van der Waals surface area (Å²) in [5.74, 6) is -1.25. The van der Waals surface area contributed by atoms with Crippen LogP contribution in [0.2, 0.25) is 6.32 Å². The monoisotopic (exact) mass is 202 g/mol. The van der Waals surface area contributed by atoms with E-state index in [9.17, 15) is 4.79 Å². The molecule has 1 fully saturated rings. The normalized spacial score (nSPS) is 26.4. The Morgan fingerprint density at radius 3 is 2.79 bits per heavy atom. The van der Waals surface area contributed by atoms with E-state index < -0.39 is 19.0 Å². The van der Waals surface area contributed by atoms with Crippen LogP contribution in [0.3, 0.4) is 0 Å². The van der Waals surface area contributed by atoms with E-state index in [1.807, 2.05) is 0 Å². The zero-order valence-corrected chi connectivity index (χ0v) is 7.93. The van der Waals surface area contributed by atoms with Crippen molar-refractivity contribution in [2.75, 3.05) is 6.61 Å². The predicted octanol–water partition coefficient (Wildman–Crippen LogP) is -0.271. The van der Waals surface area contributed by atoms with E-state index in [4.69, 9.17) is 19.9 Å². The second kappa shape index (κ2) is 5.33. The second-order valence-electron chi connectivity index (χ2n) is 3.55. The molecular formula is C8H15BO5. The Labute approximate surface area is 82.8 Å². The third-order valence-corrected chi connectivity index (χ3v) is 2.48. The molecule has 6 heteroatoms. The SMILES string of the molecule is O=C(O)[C@@H]1CCO[C@H]1CCCB(O)O. The highest BCUT2D eigenvalue weighted by Crippen LogP contribution is 2.25. The summed E-state index contributed by atoms with van der Waals surface area (Å²) in [5, 5.41) is 26.0. The fourth-order valence-corrected chi connectivity index (χ4v) is 1.72. The van der Waals surface area contributed by atoms with E-state index in [0.29, 0.717) is 25.9 Å². The van der Waals surface area contributed by atoms with E-state index in [1.54, 1.807) is 0 Å². The van der Waals surface area contributed by atoms with Gasteiger partial charge in [-0.05, 0) is 19.2 Å². The topological polar surface area (TPSA) is 87.0 Å². The van der Waals surface area contributed by atoms with Gasteiger partial charge in [0.1, 0.15) is 0 Å². The summed E-state index contributed by atoms with van der Waals surface area (Å²) in [6, 6.07) is 0. The van der Waals surface area contributed by atoms with Gasteiger partial charge in [0, 0.05) is 6.61 Å². The number of rotatable bonds is 5. The summed E-state index contributed by atoms with van der Waals surface area (Å²) < 4.78 is 5.26. The van der Waals surface area contributed by atoms with Crippen molar-refractivity contribution in [3.63, 3.8) is 0 Å². The van der Waals surface area contributed by atoms with E-state index in [-0.39, 0.29) is 12.4 Å². The molecule has 1 saturated heterocycles. The fraction of sp³-hybridized carbons (Fsp3) is 0.875. The standard InChI is InChI=1S/C8H15BO5/c10-8(11)6-3-5-14-7(6)2-1-4-9(12)13/h6-7,12-13H,1-5H2,(H,10,11)/t6-,7+/m1/s1. The molecule has 1 rings (SSSR count). The van der Waals surface area contributed by atoms with Gasteiger partial charge >= 0.3 is 13.1 Å². The minimum absolute atomic E-state index is 0.258. The van der Waals surface area contributed by atoms with Crippen LogP contribution < -0.4 is 0 Å². The van der Waals surface area contributed by atoms with Crippen LogP contribution in [0.5, 0.6) is 0 Å². The average molecular weight is 202 g/mol. The van der Waals surface area contributed by atoms with Crippen molar-refractivity contribution >= 4 is 13.1 Å². The number of aliphatic carboxylic acids is 1. The molecule has 0 radical (unpaired) electrons. The lowest BCUT2D eigenvalue weighted by Gasteiger charge is -2.14. The van der Waals surface area contributed by atoms with Gasteiger partial charge in [0.05, 0.1) is 12.0 Å². The molecule has 5 nitrogen and oxygen atoms in total. The Balaban J connectivity index is 2.26. The molecular weight excluding hydrogens is 187 g/mol. The van der Waals surface area contributed by atoms with Crippen LogP contribution in [0.25, 0.3) is 0 Å². The molecule has 0 saturated carbocycles. The van der Waals surface area contributed by atoms with Crippen molar-refractivity contribution in [3.8, 4) is 0 Å². The van der Waals surface area contributed by atoms with Crippen molar-refractivity contribution in [3.05, 3.63) is 0 Å². The Morgan fingerprint density at radius 2 is 2.21 bits per heavy atom. The number of hydrogen-bond acceptors (Lipinski definition) is 4. The minimum Gasteiger partial charge on any atom is -0.481 e. The Bertz CT molecular complexity index is 196. The number of hydrogen-bond donors (Lipinski definition) is 3. The zero-order valence-electron chi connectivity index (χ0n) is 7.93. The number of carbonyl (C=O) groups is 1. The summed E-state index contributed by atoms with van der Waals surface area (Å²) in [6.45, 7) is 0.489. The van der Waals surface area contributed by atoms with Crippen molar-refractivity contribution in [1.29, 1.82) is 0 Å². The maximum absolute atomic E-state index is 10.7. The molecule has 0 aromatic heterocycles. The molecule has 0 aromatic carbocycles. The molecule has 0 amide bonds. The summed E-state index contributed by atoms with van der Waals surface area (Å²) >= 11 is 0. The van der Waals surface area contributed by atoms with Gasteiger partial charge in [-0.15, -0.1) is 0 Å². The molecule has 80 valence electrons. The largest absolute Gasteiger partial charge is 0.481 e. The van der Waals surface area contributed by atoms with E-state index in [0.717, 1.165) is 0 Å². The highest BCUT2D eigenvalue weighted by Gasteiger charge is 2.33. The minimum atomic E-state index is -1.31. The first-order chi connectivity index (χ1) is 6.61. The second-order valence-corrected chi connectivity index (χ2v) is 3.55. The summed E-state index contributed by atoms with van der Waals surface area (Å²) in [5.41, 5.74) is 0. The van der Waals surface area contributed by atoms with Gasteiger partial charge in [0.2, 0.25) is 0 Å². The van der Waals surface area contributed by atoms with Gasteiger partial charge in [-0.2, -0.15) is 0 Å². The van der Waals surface area contributed by atoms with Gasteiger partial charge in [0.25, 0.3) is 0 Å². The number of ether oxygens (including phenoxy) is 1. The molecule has 1 aliphatic heterocycles. The highest BCUT2D eigenvalue weighted by atomic mass is 16.5. The van der Waals surface area contributed by atoms with Crippen LogP contribution >= 0.6 is 0 Å². The molecule has 0 spiro atoms. The van der Waals surface area contributed by atoms with Crippen LogP contribution in [0.4, 0.5) is 0 Å². The maximum Gasteiger partial charge on any atom is 0.451 e. The molecule has 0 bridgehead atoms. The summed E-state index contributed by atoms with van der Waals surface area (Å²) in [4.78, 5) is 10.7. The van der Waals surface area contributed by atoms with E-state index in [1.165, 1.54) is 0 Å². The first kappa shape index (κ1) is 11.5. The van der Waals surface area contributed by atoms with Gasteiger partial charge < -0.3 is 19.9 Å². The first-order valence-electron chi connectivity index (χ1n) is 4.82. The Hall–Kier alpha value is -0.585. The van der Waals surface area contributed by atoms with Crippen LogP contribution in [0, 0.1) is 5.92 Å². The average Bonchev–Trinajstić information content (AvgIpc) is 2.51. The van der Waals surface area contributed by atoms with Gasteiger partial charge in [-0.25, -0.2) is 0 Å². The van der Waals surface area contributed by atoms with Gasteiger partial charge in [-0.3, -0.25) is 4.79 Å². The molecule has 3 N–H and O–H groups in total. The van der Waals surface area contributed by atoms with Crippen molar-refractivity contribution in [1.82, 2.24) is 0 Å². The lowest BCUT2D eigenvalue weighted by Crippen LogP contribution is -2.24. The van der Waals surface area contributed by atoms with Crippen LogP contribution in [-0.4, -0.2) is 41.0 Å². The number of carboxylic acids is 1. The highest BCUT2D eigenvalue weighted by molar-refractivity contribution is 6.40. The lowest BCUT2D eigenvalue weighted by molar-refractivity contribution is -0.143. The lowest BCUT2D eigenvalue weighted by atomic mass is 9.82. The summed E-state index contributed by atoms with van der Waals surface area (Å²) in [6.07, 6.45) is 1.72. The van der Waals surface area contributed by atoms with Crippen molar-refractivity contribution in [2.45, 2.75) is 31.7 Å². The Morgan fingerprint density at radius 1 is 1.50 bits per heavy atom. The molecule has 1 heterocycles. The van der Waals surface area contributed by atoms with Crippen molar-refractivity contribution in [2.24, 2.45) is 5.92 Å². The molecule has 0 unspecified atom stereocenters. The zero-order chi connectivity index (χ0) is 10.6. The summed E-state index contributed by atoms with van der Waals surface area (Å²) in [7, 11) is -1.31. The molecule has 1 aliphatic rings.